The molecule has 1 saturated carbocycles. The van der Waals surface area contributed by atoms with E-state index >= 15 is 0 Å². The average molecular weight is 389 g/mol. The molecule has 0 saturated heterocycles. The number of nitrogens with zero attached hydrogens (tertiary/aromatic N) is 2. The van der Waals surface area contributed by atoms with Gasteiger partial charge in [0, 0.05) is 16.9 Å². The van der Waals surface area contributed by atoms with Crippen LogP contribution >= 0.6 is 0 Å². The summed E-state index contributed by atoms with van der Waals surface area (Å²) in [5.74, 6) is 2.17. The molecule has 0 atom stereocenters. The minimum atomic E-state index is -0.350. The van der Waals surface area contributed by atoms with Crippen LogP contribution in [-0.4, -0.2) is 15.1 Å². The van der Waals surface area contributed by atoms with Crippen molar-refractivity contribution in [3.05, 3.63) is 70.6 Å². The number of H-pyrrole nitrogens is 1. The summed E-state index contributed by atoms with van der Waals surface area (Å²) in [6, 6.07) is 11.1. The Morgan fingerprint density at radius 2 is 1.83 bits per heavy atom. The third-order valence-electron chi connectivity index (χ3n) is 6.13. The van der Waals surface area contributed by atoms with E-state index in [1.54, 1.807) is 0 Å². The molecule has 1 aliphatic carbocycles. The van der Waals surface area contributed by atoms with Crippen LogP contribution in [0, 0.1) is 19.7 Å². The number of benzene rings is 2. The van der Waals surface area contributed by atoms with Crippen LogP contribution < -0.4 is 0 Å². The van der Waals surface area contributed by atoms with Gasteiger partial charge < -0.3 is 9.51 Å². The van der Waals surface area contributed by atoms with E-state index in [0.29, 0.717) is 5.92 Å². The highest BCUT2D eigenvalue weighted by Gasteiger charge is 2.31. The second-order valence-electron chi connectivity index (χ2n) is 8.65. The Bertz CT molecular complexity index is 1190. The molecule has 0 aliphatic heterocycles. The summed E-state index contributed by atoms with van der Waals surface area (Å²) < 4.78 is 19.0. The molecule has 29 heavy (non-hydrogen) atoms. The molecule has 1 N–H and O–H groups in total. The van der Waals surface area contributed by atoms with Crippen LogP contribution in [0.2, 0.25) is 0 Å². The van der Waals surface area contributed by atoms with Crippen molar-refractivity contribution in [2.45, 2.75) is 51.9 Å². The second-order valence-corrected chi connectivity index (χ2v) is 8.65. The average Bonchev–Trinajstić information content (AvgIpc) is 3.36. The minimum absolute atomic E-state index is 0.227. The molecule has 2 aromatic carbocycles. The summed E-state index contributed by atoms with van der Waals surface area (Å²) in [6.45, 7) is 8.23. The predicted molar refractivity (Wildman–Crippen MR) is 112 cm³/mol. The van der Waals surface area contributed by atoms with Gasteiger partial charge in [-0.15, -0.1) is 0 Å². The molecular weight excluding hydrogens is 365 g/mol. The van der Waals surface area contributed by atoms with Gasteiger partial charge in [-0.1, -0.05) is 31.1 Å². The lowest BCUT2D eigenvalue weighted by molar-refractivity contribution is 0.393. The van der Waals surface area contributed by atoms with Gasteiger partial charge in [-0.2, -0.15) is 0 Å². The molecule has 1 aliphatic rings. The van der Waals surface area contributed by atoms with E-state index < -0.39 is 0 Å². The Hall–Kier alpha value is -2.95. The third kappa shape index (κ3) is 2.96. The van der Waals surface area contributed by atoms with Gasteiger partial charge in [0.15, 0.2) is 0 Å². The minimum Gasteiger partial charge on any atom is -0.361 e. The van der Waals surface area contributed by atoms with Crippen LogP contribution in [0.5, 0.6) is 0 Å². The third-order valence-corrected chi connectivity index (χ3v) is 6.13. The largest absolute Gasteiger partial charge is 0.361 e. The Balaban J connectivity index is 1.77. The molecule has 0 amide bonds. The normalized spacial score (nSPS) is 14.7. The molecule has 2 heterocycles. The van der Waals surface area contributed by atoms with Gasteiger partial charge in [-0.25, -0.2) is 9.37 Å². The summed E-state index contributed by atoms with van der Waals surface area (Å²) in [4.78, 5) is 8.53. The van der Waals surface area contributed by atoms with Gasteiger partial charge in [-0.05, 0) is 67.6 Å². The first-order valence-corrected chi connectivity index (χ1v) is 10.1. The zero-order valence-corrected chi connectivity index (χ0v) is 17.1. The Morgan fingerprint density at radius 3 is 2.45 bits per heavy atom. The molecule has 0 radical (unpaired) electrons. The number of hydrogen-bond acceptors (Lipinski definition) is 3. The maximum atomic E-state index is 13.5. The highest BCUT2D eigenvalue weighted by Crippen LogP contribution is 2.43. The number of rotatable bonds is 4. The van der Waals surface area contributed by atoms with E-state index in [1.807, 2.05) is 26.0 Å². The van der Waals surface area contributed by atoms with Gasteiger partial charge in [0.05, 0.1) is 16.7 Å². The number of aromatic amines is 1. The van der Waals surface area contributed by atoms with Crippen molar-refractivity contribution in [1.82, 2.24) is 15.1 Å². The van der Waals surface area contributed by atoms with Gasteiger partial charge in [0.1, 0.15) is 17.4 Å². The summed E-state index contributed by atoms with van der Waals surface area (Å²) >= 11 is 0. The molecule has 4 aromatic rings. The summed E-state index contributed by atoms with van der Waals surface area (Å²) in [5, 5.41) is 4.13. The van der Waals surface area contributed by atoms with E-state index in [1.165, 1.54) is 25.0 Å². The van der Waals surface area contributed by atoms with Crippen LogP contribution in [0.15, 0.2) is 40.9 Å². The lowest BCUT2D eigenvalue weighted by Crippen LogP contribution is -2.19. The first-order chi connectivity index (χ1) is 13.8. The van der Waals surface area contributed by atoms with Gasteiger partial charge in [-0.3, -0.25) is 0 Å². The van der Waals surface area contributed by atoms with E-state index in [-0.39, 0.29) is 11.2 Å². The molecule has 0 unspecified atom stereocenters. The van der Waals surface area contributed by atoms with E-state index in [4.69, 9.17) is 9.51 Å². The highest BCUT2D eigenvalue weighted by atomic mass is 19.1. The topological polar surface area (TPSA) is 54.7 Å². The first-order valence-electron chi connectivity index (χ1n) is 10.1. The van der Waals surface area contributed by atoms with Crippen LogP contribution in [0.1, 0.15) is 61.0 Å². The summed E-state index contributed by atoms with van der Waals surface area (Å²) in [7, 11) is 0. The standard InChI is InChI=1S/C24H24FN3O/c1-13-21(14(2)29-28-13)16-11-19(24(3,4)17-7-9-18(25)10-8-17)22-20(12-16)26-23(27-22)15-5-6-15/h7-12,15H,5-6H2,1-4H3,(H,26,27). The van der Waals surface area contributed by atoms with Crippen molar-refractivity contribution in [2.75, 3.05) is 0 Å². The molecule has 5 rings (SSSR count). The van der Waals surface area contributed by atoms with E-state index in [9.17, 15) is 4.39 Å². The van der Waals surface area contributed by atoms with Crippen molar-refractivity contribution in [1.29, 1.82) is 0 Å². The van der Waals surface area contributed by atoms with Crippen LogP contribution in [-0.2, 0) is 5.41 Å². The highest BCUT2D eigenvalue weighted by molar-refractivity contribution is 5.87. The number of aromatic nitrogens is 3. The Morgan fingerprint density at radius 1 is 1.10 bits per heavy atom. The van der Waals surface area contributed by atoms with E-state index in [0.717, 1.165) is 50.6 Å². The molecule has 0 bridgehead atoms. The SMILES string of the molecule is Cc1noc(C)c1-c1cc(C(C)(C)c2ccc(F)cc2)c2nc(C3CC3)[nH]c2c1. The fourth-order valence-electron chi connectivity index (χ4n) is 4.22. The van der Waals surface area contributed by atoms with Gasteiger partial charge in [0.25, 0.3) is 0 Å². The number of aryl methyl sites for hydroxylation is 2. The number of nitrogens with one attached hydrogen (secondary N) is 1. The molecule has 148 valence electrons. The fraction of sp³-hybridized carbons (Fsp3) is 0.333. The number of fused-ring (bicyclic) bond motifs is 1. The van der Waals surface area contributed by atoms with Crippen LogP contribution in [0.25, 0.3) is 22.2 Å². The fourth-order valence-corrected chi connectivity index (χ4v) is 4.22. The Kier molecular flexibility index (Phi) is 3.92. The first kappa shape index (κ1) is 18.1. The molecule has 2 aromatic heterocycles. The number of hydrogen-bond donors (Lipinski definition) is 1. The lowest BCUT2D eigenvalue weighted by atomic mass is 9.76. The monoisotopic (exact) mass is 389 g/mol. The molecular formula is C24H24FN3O. The zero-order valence-electron chi connectivity index (χ0n) is 17.1. The predicted octanol–water partition coefficient (Wildman–Crippen LogP) is 6.18. The quantitative estimate of drug-likeness (QED) is 0.454. The van der Waals surface area contributed by atoms with E-state index in [2.05, 4.69) is 36.1 Å². The zero-order chi connectivity index (χ0) is 20.3. The van der Waals surface area contributed by atoms with Gasteiger partial charge >= 0.3 is 0 Å². The lowest BCUT2D eigenvalue weighted by Gasteiger charge is -2.27. The van der Waals surface area contributed by atoms with Crippen molar-refractivity contribution >= 4 is 11.0 Å². The van der Waals surface area contributed by atoms with Crippen molar-refractivity contribution in [3.63, 3.8) is 0 Å². The summed E-state index contributed by atoms with van der Waals surface area (Å²) in [5.41, 5.74) is 6.76. The van der Waals surface area contributed by atoms with Gasteiger partial charge in [0.2, 0.25) is 0 Å². The number of halogens is 1. The molecule has 1 fully saturated rings. The van der Waals surface area contributed by atoms with Crippen molar-refractivity contribution < 1.29 is 8.91 Å². The second kappa shape index (κ2) is 6.28. The van der Waals surface area contributed by atoms with Crippen LogP contribution in [0.4, 0.5) is 4.39 Å². The van der Waals surface area contributed by atoms with Crippen molar-refractivity contribution in [3.8, 4) is 11.1 Å². The van der Waals surface area contributed by atoms with Crippen molar-refractivity contribution in [2.24, 2.45) is 0 Å². The molecule has 4 nitrogen and oxygen atoms in total. The molecule has 5 heteroatoms. The maximum Gasteiger partial charge on any atom is 0.141 e. The summed E-state index contributed by atoms with van der Waals surface area (Å²) in [6.07, 6.45) is 2.38. The maximum absolute atomic E-state index is 13.5. The smallest absolute Gasteiger partial charge is 0.141 e. The molecule has 0 spiro atoms. The number of imidazole rings is 1. The Labute approximate surface area is 169 Å². The van der Waals surface area contributed by atoms with Crippen LogP contribution in [0.3, 0.4) is 0 Å².